The van der Waals surface area contributed by atoms with Crippen LogP contribution >= 0.6 is 0 Å². The molecular formula is C21H25NO9S. The molecule has 1 unspecified atom stereocenters. The maximum Gasteiger partial charge on any atom is 0.337 e. The molecule has 0 aliphatic heterocycles. The van der Waals surface area contributed by atoms with Gasteiger partial charge in [-0.15, -0.1) is 0 Å². The zero-order chi connectivity index (χ0) is 23.9. The van der Waals surface area contributed by atoms with Crippen LogP contribution in [0.2, 0.25) is 0 Å². The van der Waals surface area contributed by atoms with E-state index in [-0.39, 0.29) is 16.9 Å². The van der Waals surface area contributed by atoms with Crippen LogP contribution in [0.25, 0.3) is 6.08 Å². The van der Waals surface area contributed by atoms with Crippen LogP contribution in [-0.2, 0) is 20.6 Å². The number of aliphatic hydroxyl groups is 1. The molecule has 2 rings (SSSR count). The Bertz CT molecular complexity index is 1070. The summed E-state index contributed by atoms with van der Waals surface area (Å²) < 4.78 is 48.2. The Kier molecular flexibility index (Phi) is 8.33. The van der Waals surface area contributed by atoms with E-state index < -0.39 is 27.8 Å². The summed E-state index contributed by atoms with van der Waals surface area (Å²) in [7, 11) is 1.88. The number of benzene rings is 2. The van der Waals surface area contributed by atoms with E-state index in [2.05, 4.69) is 4.72 Å². The van der Waals surface area contributed by atoms with Crippen LogP contribution in [0.4, 0.5) is 0 Å². The number of aliphatic hydroxyl groups excluding tert-OH is 1. The smallest absolute Gasteiger partial charge is 0.337 e. The minimum atomic E-state index is -3.85. The molecular weight excluding hydrogens is 442 g/mol. The summed E-state index contributed by atoms with van der Waals surface area (Å²) in [6.07, 6.45) is 0.844. The molecule has 174 valence electrons. The van der Waals surface area contributed by atoms with Gasteiger partial charge < -0.3 is 29.2 Å². The summed E-state index contributed by atoms with van der Waals surface area (Å²) >= 11 is 0. The van der Waals surface area contributed by atoms with Gasteiger partial charge in [0.1, 0.15) is 23.0 Å². The van der Waals surface area contributed by atoms with E-state index in [9.17, 15) is 18.3 Å². The second kappa shape index (κ2) is 10.7. The number of nitrogens with one attached hydrogen (secondary N) is 1. The predicted octanol–water partition coefficient (Wildman–Crippen LogP) is 1.93. The number of sulfonamides is 1. The molecule has 0 saturated heterocycles. The minimum Gasteiger partial charge on any atom is -0.496 e. The number of hydrogen-bond donors (Lipinski definition) is 3. The summed E-state index contributed by atoms with van der Waals surface area (Å²) in [6, 6.07) is 7.40. The zero-order valence-corrected chi connectivity index (χ0v) is 18.8. The third-order valence-electron chi connectivity index (χ3n) is 4.43. The molecule has 2 aromatic rings. The fourth-order valence-corrected chi connectivity index (χ4v) is 3.88. The fraction of sp³-hybridized carbons (Fsp3) is 0.286. The van der Waals surface area contributed by atoms with Gasteiger partial charge >= 0.3 is 5.97 Å². The van der Waals surface area contributed by atoms with Crippen LogP contribution in [0.5, 0.6) is 23.0 Å². The Morgan fingerprint density at radius 2 is 1.59 bits per heavy atom. The summed E-state index contributed by atoms with van der Waals surface area (Å²) in [5.41, 5.74) is 0.715. The summed E-state index contributed by atoms with van der Waals surface area (Å²) in [6.45, 7) is 0. The highest BCUT2D eigenvalue weighted by Crippen LogP contribution is 2.35. The van der Waals surface area contributed by atoms with Crippen LogP contribution in [-0.4, -0.2) is 53.0 Å². The SMILES string of the molecule is COc1cc(OC)c(/C=C/NS(=O)(=O)Cc2ccc(OC)c(C(O)C(=O)O)c2)c(OC)c1. The van der Waals surface area contributed by atoms with Crippen LogP contribution in [0.15, 0.2) is 36.5 Å². The first kappa shape index (κ1) is 24.8. The number of aliphatic carboxylic acids is 1. The molecule has 0 saturated carbocycles. The molecule has 2 aromatic carbocycles. The molecule has 11 heteroatoms. The molecule has 0 amide bonds. The minimum absolute atomic E-state index is 0.0454. The summed E-state index contributed by atoms with van der Waals surface area (Å²) in [4.78, 5) is 11.1. The zero-order valence-electron chi connectivity index (χ0n) is 18.0. The molecule has 0 aliphatic rings. The standard InChI is InChI=1S/C21H25NO9S/c1-28-14-10-18(30-3)15(19(11-14)31-4)7-8-22-32(26,27)12-13-5-6-17(29-2)16(9-13)20(23)21(24)25/h5-11,20,22-23H,12H2,1-4H3,(H,24,25)/b8-7+. The number of methoxy groups -OCH3 is 4. The van der Waals surface area contributed by atoms with Crippen molar-refractivity contribution in [3.05, 3.63) is 53.2 Å². The van der Waals surface area contributed by atoms with Crippen LogP contribution in [0, 0.1) is 0 Å². The van der Waals surface area contributed by atoms with Crippen molar-refractivity contribution in [2.24, 2.45) is 0 Å². The van der Waals surface area contributed by atoms with Gasteiger partial charge in [0.25, 0.3) is 0 Å². The molecule has 0 radical (unpaired) electrons. The first-order chi connectivity index (χ1) is 15.1. The molecule has 0 spiro atoms. The molecule has 10 nitrogen and oxygen atoms in total. The Morgan fingerprint density at radius 1 is 1.00 bits per heavy atom. The molecule has 0 aliphatic carbocycles. The lowest BCUT2D eigenvalue weighted by Gasteiger charge is -2.14. The fourth-order valence-electron chi connectivity index (χ4n) is 2.90. The van der Waals surface area contributed by atoms with E-state index in [1.165, 1.54) is 58.9 Å². The van der Waals surface area contributed by atoms with Crippen molar-refractivity contribution in [1.29, 1.82) is 0 Å². The number of carboxylic acid groups (broad SMARTS) is 1. The first-order valence-electron chi connectivity index (χ1n) is 9.20. The van der Waals surface area contributed by atoms with E-state index in [4.69, 9.17) is 24.1 Å². The van der Waals surface area contributed by atoms with Crippen molar-refractivity contribution < 1.29 is 42.4 Å². The number of rotatable bonds is 11. The molecule has 0 heterocycles. The molecule has 1 atom stereocenters. The first-order valence-corrected chi connectivity index (χ1v) is 10.8. The Labute approximate surface area is 186 Å². The van der Waals surface area contributed by atoms with Gasteiger partial charge in [-0.25, -0.2) is 13.2 Å². The van der Waals surface area contributed by atoms with Gasteiger partial charge in [-0.05, 0) is 23.8 Å². The third-order valence-corrected chi connectivity index (χ3v) is 5.64. The lowest BCUT2D eigenvalue weighted by atomic mass is 10.1. The van der Waals surface area contributed by atoms with Gasteiger partial charge in [0.15, 0.2) is 6.10 Å². The van der Waals surface area contributed by atoms with E-state index in [0.29, 0.717) is 22.8 Å². The van der Waals surface area contributed by atoms with Gasteiger partial charge in [0.05, 0.1) is 39.8 Å². The molecule has 0 bridgehead atoms. The van der Waals surface area contributed by atoms with Gasteiger partial charge in [0.2, 0.25) is 10.0 Å². The Morgan fingerprint density at radius 3 is 2.09 bits per heavy atom. The predicted molar refractivity (Wildman–Crippen MR) is 116 cm³/mol. The normalized spacial score (nSPS) is 12.3. The molecule has 32 heavy (non-hydrogen) atoms. The molecule has 3 N–H and O–H groups in total. The van der Waals surface area contributed by atoms with Crippen molar-refractivity contribution in [1.82, 2.24) is 4.72 Å². The maximum atomic E-state index is 12.5. The lowest BCUT2D eigenvalue weighted by molar-refractivity contribution is -0.147. The largest absolute Gasteiger partial charge is 0.496 e. The van der Waals surface area contributed by atoms with Crippen molar-refractivity contribution in [3.63, 3.8) is 0 Å². The van der Waals surface area contributed by atoms with Crippen LogP contribution < -0.4 is 23.7 Å². The highest BCUT2D eigenvalue weighted by Gasteiger charge is 2.22. The average molecular weight is 467 g/mol. The number of carbonyl (C=O) groups is 1. The quantitative estimate of drug-likeness (QED) is 0.452. The van der Waals surface area contributed by atoms with E-state index in [1.807, 2.05) is 0 Å². The average Bonchev–Trinajstić information content (AvgIpc) is 2.77. The van der Waals surface area contributed by atoms with Gasteiger partial charge in [-0.1, -0.05) is 6.07 Å². The Hall–Kier alpha value is -3.44. The number of carboxylic acids is 1. The third kappa shape index (κ3) is 6.05. The maximum absolute atomic E-state index is 12.5. The lowest BCUT2D eigenvalue weighted by Crippen LogP contribution is -2.20. The monoisotopic (exact) mass is 467 g/mol. The van der Waals surface area contributed by atoms with Crippen molar-refractivity contribution in [3.8, 4) is 23.0 Å². The number of ether oxygens (including phenoxy) is 4. The molecule has 0 aromatic heterocycles. The van der Waals surface area contributed by atoms with Crippen molar-refractivity contribution in [2.45, 2.75) is 11.9 Å². The van der Waals surface area contributed by atoms with E-state index >= 15 is 0 Å². The van der Waals surface area contributed by atoms with Gasteiger partial charge in [0, 0.05) is 23.9 Å². The molecule has 0 fully saturated rings. The topological polar surface area (TPSA) is 141 Å². The Balaban J connectivity index is 2.24. The van der Waals surface area contributed by atoms with Crippen molar-refractivity contribution in [2.75, 3.05) is 28.4 Å². The second-order valence-electron chi connectivity index (χ2n) is 6.47. The van der Waals surface area contributed by atoms with Gasteiger partial charge in [-0.2, -0.15) is 0 Å². The van der Waals surface area contributed by atoms with Crippen LogP contribution in [0.3, 0.4) is 0 Å². The number of hydrogen-bond acceptors (Lipinski definition) is 8. The van der Waals surface area contributed by atoms with Crippen LogP contribution in [0.1, 0.15) is 22.8 Å². The van der Waals surface area contributed by atoms with Gasteiger partial charge in [-0.3, -0.25) is 4.72 Å². The van der Waals surface area contributed by atoms with E-state index in [0.717, 1.165) is 0 Å². The summed E-state index contributed by atoms with van der Waals surface area (Å²) in [5.74, 6) is -0.467. The summed E-state index contributed by atoms with van der Waals surface area (Å²) in [5, 5.41) is 18.9. The van der Waals surface area contributed by atoms with Crippen molar-refractivity contribution >= 4 is 22.1 Å². The van der Waals surface area contributed by atoms with E-state index in [1.54, 1.807) is 12.1 Å². The second-order valence-corrected chi connectivity index (χ2v) is 8.23. The highest BCUT2D eigenvalue weighted by molar-refractivity contribution is 7.88. The highest BCUT2D eigenvalue weighted by atomic mass is 32.2.